The minimum absolute atomic E-state index is 0.158. The van der Waals surface area contributed by atoms with Crippen molar-refractivity contribution in [3.63, 3.8) is 0 Å². The second-order valence-electron chi connectivity index (χ2n) is 6.64. The molecule has 116 valence electrons. The van der Waals surface area contributed by atoms with Gasteiger partial charge < -0.3 is 10.2 Å². The van der Waals surface area contributed by atoms with Gasteiger partial charge in [0.1, 0.15) is 0 Å². The molecule has 3 fully saturated rings. The molecule has 1 aromatic rings. The summed E-state index contributed by atoms with van der Waals surface area (Å²) in [5.74, 6) is -0.510. The Hall–Kier alpha value is -1.88. The number of piperazine rings is 1. The van der Waals surface area contributed by atoms with E-state index in [9.17, 15) is 9.59 Å². The summed E-state index contributed by atoms with van der Waals surface area (Å²) < 4.78 is 0. The molecule has 2 amide bonds. The third-order valence-electron chi connectivity index (χ3n) is 5.12. The highest BCUT2D eigenvalue weighted by molar-refractivity contribution is 6.00. The lowest BCUT2D eigenvalue weighted by atomic mass is 9.90. The standard InChI is InChI=1S/C17H21N3O2/c21-16-8-7-15(17(22)19-16)11-1-5-14(6-2-11)20-9-12-3-4-13(10-20)18-12/h1-2,5-6,12-13,15,18H,3-4,7-10H2,(H,19,21,22). The second-order valence-corrected chi connectivity index (χ2v) is 6.64. The van der Waals surface area contributed by atoms with Gasteiger partial charge in [0.05, 0.1) is 5.92 Å². The van der Waals surface area contributed by atoms with Gasteiger partial charge in [-0.2, -0.15) is 0 Å². The minimum Gasteiger partial charge on any atom is -0.368 e. The summed E-state index contributed by atoms with van der Waals surface area (Å²) in [6, 6.07) is 9.55. The summed E-state index contributed by atoms with van der Waals surface area (Å²) in [5, 5.41) is 6.07. The Bertz CT molecular complexity index is 586. The number of nitrogens with one attached hydrogen (secondary N) is 2. The predicted octanol–water partition coefficient (Wildman–Crippen LogP) is 1.15. The van der Waals surface area contributed by atoms with Gasteiger partial charge in [0.25, 0.3) is 0 Å². The van der Waals surface area contributed by atoms with E-state index in [2.05, 4.69) is 27.7 Å². The maximum absolute atomic E-state index is 11.9. The molecule has 0 aliphatic carbocycles. The van der Waals surface area contributed by atoms with Crippen LogP contribution in [-0.4, -0.2) is 37.0 Å². The number of imide groups is 1. The van der Waals surface area contributed by atoms with E-state index in [1.807, 2.05) is 12.1 Å². The lowest BCUT2D eigenvalue weighted by molar-refractivity contribution is -0.134. The summed E-state index contributed by atoms with van der Waals surface area (Å²) in [7, 11) is 0. The number of anilines is 1. The van der Waals surface area contributed by atoms with Crippen LogP contribution in [0.3, 0.4) is 0 Å². The molecule has 3 aliphatic rings. The minimum atomic E-state index is -0.189. The van der Waals surface area contributed by atoms with Gasteiger partial charge in [-0.3, -0.25) is 14.9 Å². The Kier molecular flexibility index (Phi) is 3.37. The summed E-state index contributed by atoms with van der Waals surface area (Å²) in [6.45, 7) is 2.13. The first-order chi connectivity index (χ1) is 10.7. The Morgan fingerprint density at radius 2 is 1.64 bits per heavy atom. The zero-order valence-corrected chi connectivity index (χ0v) is 12.5. The molecule has 1 aromatic carbocycles. The first-order valence-corrected chi connectivity index (χ1v) is 8.14. The molecule has 2 N–H and O–H groups in total. The van der Waals surface area contributed by atoms with Crippen LogP contribution in [0.5, 0.6) is 0 Å². The van der Waals surface area contributed by atoms with Crippen LogP contribution in [0.25, 0.3) is 0 Å². The average molecular weight is 299 g/mol. The van der Waals surface area contributed by atoms with E-state index in [1.165, 1.54) is 18.5 Å². The van der Waals surface area contributed by atoms with Crippen LogP contribution < -0.4 is 15.5 Å². The lowest BCUT2D eigenvalue weighted by Gasteiger charge is -2.34. The second kappa shape index (κ2) is 5.39. The van der Waals surface area contributed by atoms with E-state index in [-0.39, 0.29) is 17.7 Å². The highest BCUT2D eigenvalue weighted by atomic mass is 16.2. The van der Waals surface area contributed by atoms with Gasteiger partial charge >= 0.3 is 0 Å². The molecule has 4 rings (SSSR count). The molecular formula is C17H21N3O2. The number of hydrogen-bond acceptors (Lipinski definition) is 4. The van der Waals surface area contributed by atoms with Crippen LogP contribution in [0.15, 0.2) is 24.3 Å². The van der Waals surface area contributed by atoms with Gasteiger partial charge in [-0.15, -0.1) is 0 Å². The summed E-state index contributed by atoms with van der Waals surface area (Å²) in [5.41, 5.74) is 2.24. The number of carbonyl (C=O) groups is 2. The first kappa shape index (κ1) is 13.8. The van der Waals surface area contributed by atoms with Crippen molar-refractivity contribution >= 4 is 17.5 Å². The largest absolute Gasteiger partial charge is 0.368 e. The van der Waals surface area contributed by atoms with Crippen molar-refractivity contribution in [3.8, 4) is 0 Å². The summed E-state index contributed by atoms with van der Waals surface area (Å²) in [6.07, 6.45) is 3.59. The van der Waals surface area contributed by atoms with Crippen molar-refractivity contribution < 1.29 is 9.59 Å². The normalized spacial score (nSPS) is 31.3. The number of fused-ring (bicyclic) bond motifs is 2. The highest BCUT2D eigenvalue weighted by Crippen LogP contribution is 2.29. The molecule has 3 aliphatic heterocycles. The molecule has 3 atom stereocenters. The Morgan fingerprint density at radius 3 is 2.27 bits per heavy atom. The van der Waals surface area contributed by atoms with Gasteiger partial charge in [-0.25, -0.2) is 0 Å². The molecular weight excluding hydrogens is 278 g/mol. The number of hydrogen-bond donors (Lipinski definition) is 2. The number of rotatable bonds is 2. The molecule has 22 heavy (non-hydrogen) atoms. The molecule has 0 radical (unpaired) electrons. The maximum Gasteiger partial charge on any atom is 0.234 e. The molecule has 3 heterocycles. The fraction of sp³-hybridized carbons (Fsp3) is 0.529. The predicted molar refractivity (Wildman–Crippen MR) is 83.7 cm³/mol. The number of piperidine rings is 1. The van der Waals surface area contributed by atoms with Crippen LogP contribution >= 0.6 is 0 Å². The average Bonchev–Trinajstić information content (AvgIpc) is 2.86. The van der Waals surface area contributed by atoms with Crippen LogP contribution in [0.4, 0.5) is 5.69 Å². The fourth-order valence-electron chi connectivity index (χ4n) is 3.94. The van der Waals surface area contributed by atoms with Crippen molar-refractivity contribution in [1.82, 2.24) is 10.6 Å². The van der Waals surface area contributed by atoms with E-state index in [1.54, 1.807) is 0 Å². The zero-order chi connectivity index (χ0) is 15.1. The number of nitrogens with zero attached hydrogens (tertiary/aromatic N) is 1. The van der Waals surface area contributed by atoms with Gasteiger partial charge in [0, 0.05) is 37.3 Å². The molecule has 3 saturated heterocycles. The van der Waals surface area contributed by atoms with Crippen LogP contribution in [0.1, 0.15) is 37.2 Å². The topological polar surface area (TPSA) is 61.4 Å². The Morgan fingerprint density at radius 1 is 0.955 bits per heavy atom. The highest BCUT2D eigenvalue weighted by Gasteiger charge is 2.32. The van der Waals surface area contributed by atoms with Gasteiger partial charge in [0.15, 0.2) is 0 Å². The smallest absolute Gasteiger partial charge is 0.234 e. The number of benzene rings is 1. The number of carbonyl (C=O) groups excluding carboxylic acids is 2. The van der Waals surface area contributed by atoms with Gasteiger partial charge in [-0.05, 0) is 37.0 Å². The number of amides is 2. The van der Waals surface area contributed by atoms with Crippen LogP contribution in [0.2, 0.25) is 0 Å². The molecule has 0 aromatic heterocycles. The SMILES string of the molecule is O=C1CCC(c2ccc(N3CC4CCC(C3)N4)cc2)C(=O)N1. The summed E-state index contributed by atoms with van der Waals surface area (Å²) >= 11 is 0. The Balaban J connectivity index is 1.49. The van der Waals surface area contributed by atoms with Gasteiger partial charge in [-0.1, -0.05) is 12.1 Å². The zero-order valence-electron chi connectivity index (χ0n) is 12.5. The van der Waals surface area contributed by atoms with Gasteiger partial charge in [0.2, 0.25) is 11.8 Å². The van der Waals surface area contributed by atoms with E-state index < -0.39 is 0 Å². The van der Waals surface area contributed by atoms with Crippen LogP contribution in [0, 0.1) is 0 Å². The Labute approximate surface area is 130 Å². The van der Waals surface area contributed by atoms with Crippen molar-refractivity contribution in [2.75, 3.05) is 18.0 Å². The molecule has 5 heteroatoms. The maximum atomic E-state index is 11.9. The van der Waals surface area contributed by atoms with E-state index in [4.69, 9.17) is 0 Å². The molecule has 2 bridgehead atoms. The monoisotopic (exact) mass is 299 g/mol. The third kappa shape index (κ3) is 2.50. The van der Waals surface area contributed by atoms with Crippen molar-refractivity contribution in [1.29, 1.82) is 0 Å². The van der Waals surface area contributed by atoms with Crippen molar-refractivity contribution in [3.05, 3.63) is 29.8 Å². The fourth-order valence-corrected chi connectivity index (χ4v) is 3.94. The quantitative estimate of drug-likeness (QED) is 0.804. The molecule has 0 saturated carbocycles. The molecule has 3 unspecified atom stereocenters. The van der Waals surface area contributed by atoms with E-state index in [0.717, 1.165) is 18.7 Å². The first-order valence-electron chi connectivity index (χ1n) is 8.14. The summed E-state index contributed by atoms with van der Waals surface area (Å²) in [4.78, 5) is 25.6. The van der Waals surface area contributed by atoms with E-state index >= 15 is 0 Å². The van der Waals surface area contributed by atoms with Crippen molar-refractivity contribution in [2.45, 2.75) is 43.7 Å². The third-order valence-corrected chi connectivity index (χ3v) is 5.12. The van der Waals surface area contributed by atoms with Crippen molar-refractivity contribution in [2.24, 2.45) is 0 Å². The molecule has 5 nitrogen and oxygen atoms in total. The molecule has 0 spiro atoms. The lowest BCUT2D eigenvalue weighted by Crippen LogP contribution is -2.51. The van der Waals surface area contributed by atoms with E-state index in [0.29, 0.717) is 24.9 Å². The van der Waals surface area contributed by atoms with Crippen LogP contribution in [-0.2, 0) is 9.59 Å².